The second-order valence-corrected chi connectivity index (χ2v) is 6.13. The molecule has 0 atom stereocenters. The van der Waals surface area contributed by atoms with E-state index in [4.69, 9.17) is 5.73 Å². The first-order valence-corrected chi connectivity index (χ1v) is 6.79. The van der Waals surface area contributed by atoms with Gasteiger partial charge in [-0.1, -0.05) is 19.4 Å². The molecule has 0 heterocycles. The average molecular weight is 265 g/mol. The third-order valence-electron chi connectivity index (χ3n) is 1.65. The molecule has 0 aliphatic carbocycles. The maximum absolute atomic E-state index is 12.3. The van der Waals surface area contributed by atoms with Crippen LogP contribution in [0.1, 0.15) is 0 Å². The van der Waals surface area contributed by atoms with Gasteiger partial charge in [-0.25, -0.2) is 0 Å². The van der Waals surface area contributed by atoms with Crippen LogP contribution in [-0.2, 0) is 0 Å². The zero-order valence-corrected chi connectivity index (χ0v) is 9.15. The fraction of sp³-hybridized carbons (Fsp3) is 0.143. The summed E-state index contributed by atoms with van der Waals surface area (Å²) in [5.41, 5.74) is 4.91. The highest BCUT2D eigenvalue weighted by Crippen LogP contribution is 3.02. The Hall–Kier alpha value is -0.630. The lowest BCUT2D eigenvalue weighted by Crippen LogP contribution is -2.06. The molecule has 15 heavy (non-hydrogen) atoms. The van der Waals surface area contributed by atoms with E-state index in [1.807, 2.05) is 0 Å². The number of anilines is 1. The fourth-order valence-electron chi connectivity index (χ4n) is 0.952. The SMILES string of the molecule is CSc1ccc(S(F)(F)(F)(F)F)cc1N. The van der Waals surface area contributed by atoms with Crippen LogP contribution in [0.5, 0.6) is 0 Å². The van der Waals surface area contributed by atoms with Gasteiger partial charge in [0.05, 0.1) is 0 Å². The summed E-state index contributed by atoms with van der Waals surface area (Å²) in [6, 6.07) is 1.56. The second-order valence-electron chi connectivity index (χ2n) is 2.87. The molecule has 8 heteroatoms. The Balaban J connectivity index is 3.39. The van der Waals surface area contributed by atoms with Crippen LogP contribution in [0, 0.1) is 0 Å². The Bertz CT molecular complexity index is 399. The molecule has 0 radical (unpaired) electrons. The van der Waals surface area contributed by atoms with E-state index in [1.54, 1.807) is 6.26 Å². The fourth-order valence-corrected chi connectivity index (χ4v) is 2.13. The van der Waals surface area contributed by atoms with E-state index in [1.165, 1.54) is 0 Å². The highest BCUT2D eigenvalue weighted by Gasteiger charge is 2.65. The standard InChI is InChI=1S/C7H8F5NS2/c1-14-7-3-2-5(4-6(7)13)15(8,9,10,11)12/h2-4H,13H2,1H3. The largest absolute Gasteiger partial charge is 0.398 e. The number of hydrogen-bond acceptors (Lipinski definition) is 2. The maximum atomic E-state index is 12.3. The predicted molar refractivity (Wildman–Crippen MR) is 54.0 cm³/mol. The minimum Gasteiger partial charge on any atom is -0.398 e. The number of benzene rings is 1. The van der Waals surface area contributed by atoms with E-state index >= 15 is 0 Å². The van der Waals surface area contributed by atoms with Gasteiger partial charge in [0, 0.05) is 10.6 Å². The summed E-state index contributed by atoms with van der Waals surface area (Å²) in [6.45, 7) is 0. The first-order chi connectivity index (χ1) is 6.44. The number of hydrogen-bond donors (Lipinski definition) is 1. The molecule has 88 valence electrons. The molecule has 0 aromatic heterocycles. The normalized spacial score (nSPS) is 16.9. The monoisotopic (exact) mass is 265 g/mol. The van der Waals surface area contributed by atoms with Crippen LogP contribution in [0.15, 0.2) is 28.0 Å². The van der Waals surface area contributed by atoms with Gasteiger partial charge in [0.1, 0.15) is 4.90 Å². The molecule has 0 aliphatic rings. The summed E-state index contributed by atoms with van der Waals surface area (Å²) in [7, 11) is -9.59. The highest BCUT2D eigenvalue weighted by atomic mass is 32.5. The smallest absolute Gasteiger partial charge is 0.310 e. The molecule has 0 unspecified atom stereocenters. The molecular formula is C7H8F5NS2. The molecular weight excluding hydrogens is 257 g/mol. The number of nitrogens with two attached hydrogens (primary N) is 1. The highest BCUT2D eigenvalue weighted by molar-refractivity contribution is 8.45. The van der Waals surface area contributed by atoms with Crippen LogP contribution in [0.2, 0.25) is 0 Å². The quantitative estimate of drug-likeness (QED) is 0.478. The van der Waals surface area contributed by atoms with Crippen LogP contribution < -0.4 is 5.73 Å². The predicted octanol–water partition coefficient (Wildman–Crippen LogP) is 4.65. The number of halogens is 5. The summed E-state index contributed by atoms with van der Waals surface area (Å²) < 4.78 is 61.5. The van der Waals surface area contributed by atoms with Crippen molar-refractivity contribution in [3.63, 3.8) is 0 Å². The maximum Gasteiger partial charge on any atom is 0.310 e. The first-order valence-electron chi connectivity index (χ1n) is 3.61. The number of rotatable bonds is 2. The lowest BCUT2D eigenvalue weighted by molar-refractivity contribution is 0.364. The minimum absolute atomic E-state index is 0.271. The van der Waals surface area contributed by atoms with Crippen molar-refractivity contribution in [1.82, 2.24) is 0 Å². The van der Waals surface area contributed by atoms with Crippen molar-refractivity contribution in [3.05, 3.63) is 18.2 Å². The Kier molecular flexibility index (Phi) is 2.26. The third-order valence-corrected chi connectivity index (χ3v) is 3.60. The zero-order chi connectivity index (χ0) is 12.0. The summed E-state index contributed by atoms with van der Waals surface area (Å²) in [4.78, 5) is -1.62. The van der Waals surface area contributed by atoms with Crippen LogP contribution in [-0.4, -0.2) is 6.26 Å². The van der Waals surface area contributed by atoms with E-state index in [0.29, 0.717) is 11.0 Å². The first kappa shape index (κ1) is 12.4. The van der Waals surface area contributed by atoms with Crippen LogP contribution >= 0.6 is 22.0 Å². The molecule has 1 nitrogen and oxygen atoms in total. The van der Waals surface area contributed by atoms with E-state index < -0.39 is 15.1 Å². The Morgan fingerprint density at radius 2 is 1.67 bits per heavy atom. The van der Waals surface area contributed by atoms with Crippen LogP contribution in [0.3, 0.4) is 0 Å². The van der Waals surface area contributed by atoms with Crippen molar-refractivity contribution in [1.29, 1.82) is 0 Å². The van der Waals surface area contributed by atoms with E-state index in [0.717, 1.165) is 17.8 Å². The summed E-state index contributed by atoms with van der Waals surface area (Å²) in [5.74, 6) is 0. The molecule has 0 spiro atoms. The average Bonchev–Trinajstić information content (AvgIpc) is 2.00. The molecule has 1 aromatic carbocycles. The van der Waals surface area contributed by atoms with Gasteiger partial charge in [0.25, 0.3) is 0 Å². The Morgan fingerprint density at radius 3 is 2.00 bits per heavy atom. The molecule has 0 fully saturated rings. The van der Waals surface area contributed by atoms with Crippen molar-refractivity contribution < 1.29 is 19.4 Å². The van der Waals surface area contributed by atoms with Gasteiger partial charge >= 0.3 is 10.2 Å². The Morgan fingerprint density at radius 1 is 1.13 bits per heavy atom. The van der Waals surface area contributed by atoms with Gasteiger partial charge in [0.2, 0.25) is 0 Å². The molecule has 0 bridgehead atoms. The van der Waals surface area contributed by atoms with Crippen molar-refractivity contribution in [2.75, 3.05) is 12.0 Å². The molecule has 1 aromatic rings. The summed E-state index contributed by atoms with van der Waals surface area (Å²) >= 11 is 1.09. The van der Waals surface area contributed by atoms with Crippen molar-refractivity contribution in [3.8, 4) is 0 Å². The molecule has 0 aliphatic heterocycles. The van der Waals surface area contributed by atoms with Crippen LogP contribution in [0.4, 0.5) is 25.1 Å². The van der Waals surface area contributed by atoms with Gasteiger partial charge in [-0.2, -0.15) is 0 Å². The zero-order valence-electron chi connectivity index (χ0n) is 7.52. The summed E-state index contributed by atoms with van der Waals surface area (Å²) in [6.07, 6.45) is 1.59. The van der Waals surface area contributed by atoms with Gasteiger partial charge in [-0.05, 0) is 24.5 Å². The topological polar surface area (TPSA) is 26.0 Å². The molecule has 0 amide bonds. The molecule has 0 saturated heterocycles. The molecule has 1 rings (SSSR count). The van der Waals surface area contributed by atoms with E-state index in [2.05, 4.69) is 0 Å². The molecule has 2 N–H and O–H groups in total. The van der Waals surface area contributed by atoms with Gasteiger partial charge in [0.15, 0.2) is 0 Å². The van der Waals surface area contributed by atoms with Crippen molar-refractivity contribution in [2.45, 2.75) is 9.79 Å². The van der Waals surface area contributed by atoms with Crippen LogP contribution in [0.25, 0.3) is 0 Å². The summed E-state index contributed by atoms with van der Waals surface area (Å²) in [5, 5.41) is 0. The van der Waals surface area contributed by atoms with Crippen molar-refractivity contribution >= 4 is 27.7 Å². The second kappa shape index (κ2) is 2.73. The van der Waals surface area contributed by atoms with Gasteiger partial charge < -0.3 is 5.73 Å². The van der Waals surface area contributed by atoms with Gasteiger partial charge in [-0.3, -0.25) is 0 Å². The molecule has 0 saturated carbocycles. The third kappa shape index (κ3) is 2.91. The number of nitrogen functional groups attached to an aromatic ring is 1. The lowest BCUT2D eigenvalue weighted by Gasteiger charge is -2.40. The lowest BCUT2D eigenvalue weighted by atomic mass is 10.3. The minimum atomic E-state index is -9.59. The van der Waals surface area contributed by atoms with E-state index in [-0.39, 0.29) is 11.8 Å². The van der Waals surface area contributed by atoms with Crippen molar-refractivity contribution in [2.24, 2.45) is 0 Å². The van der Waals surface area contributed by atoms with Gasteiger partial charge in [-0.15, -0.1) is 11.8 Å². The Labute approximate surface area is 87.6 Å². The number of thioether (sulfide) groups is 1. The van der Waals surface area contributed by atoms with E-state index in [9.17, 15) is 19.4 Å².